The minimum absolute atomic E-state index is 0.0256. The van der Waals surface area contributed by atoms with Crippen molar-refractivity contribution in [3.8, 4) is 23.0 Å². The highest BCUT2D eigenvalue weighted by molar-refractivity contribution is 5.98. The molecule has 208 valence electrons. The van der Waals surface area contributed by atoms with Gasteiger partial charge in [0.25, 0.3) is 0 Å². The molecule has 8 heteroatoms. The fourth-order valence-electron chi connectivity index (χ4n) is 5.06. The topological polar surface area (TPSA) is 108 Å². The number of methoxy groups -OCH3 is 1. The van der Waals surface area contributed by atoms with Crippen LogP contribution in [0.4, 0.5) is 0 Å². The normalized spacial score (nSPS) is 21.2. The van der Waals surface area contributed by atoms with Gasteiger partial charge in [0.2, 0.25) is 0 Å². The molecule has 2 atom stereocenters. The molecule has 0 aliphatic carbocycles. The van der Waals surface area contributed by atoms with E-state index in [-0.39, 0.29) is 35.4 Å². The van der Waals surface area contributed by atoms with E-state index in [1.165, 1.54) is 7.11 Å². The van der Waals surface area contributed by atoms with Crippen molar-refractivity contribution in [3.63, 3.8) is 0 Å². The lowest BCUT2D eigenvalue weighted by molar-refractivity contribution is -0.135. The number of esters is 2. The van der Waals surface area contributed by atoms with E-state index in [1.54, 1.807) is 31.2 Å². The average molecular weight is 537 g/mol. The summed E-state index contributed by atoms with van der Waals surface area (Å²) < 4.78 is 22.6. The van der Waals surface area contributed by atoms with Crippen LogP contribution >= 0.6 is 0 Å². The number of rotatable bonds is 4. The van der Waals surface area contributed by atoms with Crippen LogP contribution in [0.1, 0.15) is 98.7 Å². The molecule has 0 spiro atoms. The van der Waals surface area contributed by atoms with Gasteiger partial charge in [0.15, 0.2) is 11.5 Å². The molecule has 1 N–H and O–H groups in total. The number of hydrogen-bond donors (Lipinski definition) is 1. The van der Waals surface area contributed by atoms with Crippen molar-refractivity contribution < 1.29 is 38.4 Å². The zero-order chi connectivity index (χ0) is 28.1. The molecule has 0 aromatic heterocycles. The molecule has 2 aliphatic heterocycles. The van der Waals surface area contributed by atoms with E-state index in [0.29, 0.717) is 66.7 Å². The van der Waals surface area contributed by atoms with E-state index in [1.807, 2.05) is 26.0 Å². The Balaban J connectivity index is 1.80. The van der Waals surface area contributed by atoms with Gasteiger partial charge in [0.1, 0.15) is 22.8 Å². The third-order valence-corrected chi connectivity index (χ3v) is 6.93. The van der Waals surface area contributed by atoms with E-state index >= 15 is 0 Å². The van der Waals surface area contributed by atoms with Crippen LogP contribution in [-0.2, 0) is 14.3 Å². The summed E-state index contributed by atoms with van der Waals surface area (Å²) in [6.07, 6.45) is 6.46. The maximum Gasteiger partial charge on any atom is 0.342 e. The van der Waals surface area contributed by atoms with E-state index in [9.17, 15) is 19.5 Å². The minimum Gasteiger partial charge on any atom is -0.507 e. The zero-order valence-electron chi connectivity index (χ0n) is 23.0. The SMILES string of the molecule is COc1cc(C2CC(=O)Oc3cc4c(c(O)c32)C(=O)O[C@@H](C)CCCC(=O)CCC/C=C/4)ccc1OC(C)C. The van der Waals surface area contributed by atoms with Gasteiger partial charge in [-0.25, -0.2) is 4.79 Å². The summed E-state index contributed by atoms with van der Waals surface area (Å²) in [7, 11) is 1.54. The number of aromatic hydroxyl groups is 1. The lowest BCUT2D eigenvalue weighted by Gasteiger charge is -2.28. The Bertz CT molecular complexity index is 1280. The average Bonchev–Trinajstić information content (AvgIpc) is 2.87. The highest BCUT2D eigenvalue weighted by Gasteiger charge is 2.36. The molecule has 1 unspecified atom stereocenters. The number of Topliss-reactive ketones (excluding diaryl/α,β-unsaturated/α-hetero) is 1. The molecule has 4 rings (SSSR count). The van der Waals surface area contributed by atoms with Crippen LogP contribution < -0.4 is 14.2 Å². The van der Waals surface area contributed by atoms with Crippen molar-refractivity contribution >= 4 is 23.8 Å². The van der Waals surface area contributed by atoms with Gasteiger partial charge in [0.05, 0.1) is 25.7 Å². The van der Waals surface area contributed by atoms with Gasteiger partial charge in [-0.05, 0) is 75.8 Å². The summed E-state index contributed by atoms with van der Waals surface area (Å²) in [5, 5.41) is 11.6. The number of fused-ring (bicyclic) bond motifs is 2. The van der Waals surface area contributed by atoms with Crippen LogP contribution in [0.5, 0.6) is 23.0 Å². The molecule has 0 radical (unpaired) electrons. The van der Waals surface area contributed by atoms with Crippen LogP contribution in [-0.4, -0.2) is 42.1 Å². The fourth-order valence-corrected chi connectivity index (χ4v) is 5.06. The monoisotopic (exact) mass is 536 g/mol. The van der Waals surface area contributed by atoms with Crippen LogP contribution in [0.15, 0.2) is 30.3 Å². The second kappa shape index (κ2) is 12.4. The first-order valence-electron chi connectivity index (χ1n) is 13.5. The smallest absolute Gasteiger partial charge is 0.342 e. The van der Waals surface area contributed by atoms with Gasteiger partial charge in [0, 0.05) is 24.3 Å². The molecular formula is C31H36O8. The Kier molecular flexibility index (Phi) is 8.94. The van der Waals surface area contributed by atoms with Crippen molar-refractivity contribution in [2.75, 3.05) is 7.11 Å². The lowest BCUT2D eigenvalue weighted by Crippen LogP contribution is -2.23. The summed E-state index contributed by atoms with van der Waals surface area (Å²) >= 11 is 0. The predicted octanol–water partition coefficient (Wildman–Crippen LogP) is 6.11. The molecule has 0 saturated carbocycles. The number of phenolic OH excluding ortho intramolecular Hbond substituents is 1. The second-order valence-corrected chi connectivity index (χ2v) is 10.4. The third kappa shape index (κ3) is 6.61. The van der Waals surface area contributed by atoms with Crippen molar-refractivity contribution in [1.82, 2.24) is 0 Å². The summed E-state index contributed by atoms with van der Waals surface area (Å²) in [4.78, 5) is 38.1. The summed E-state index contributed by atoms with van der Waals surface area (Å²) in [5.41, 5.74) is 1.47. The summed E-state index contributed by atoms with van der Waals surface area (Å²) in [6, 6.07) is 6.97. The quantitative estimate of drug-likeness (QED) is 0.368. The van der Waals surface area contributed by atoms with Gasteiger partial charge in [-0.15, -0.1) is 0 Å². The Hall–Kier alpha value is -3.81. The van der Waals surface area contributed by atoms with Crippen LogP contribution in [0.2, 0.25) is 0 Å². The van der Waals surface area contributed by atoms with Crippen LogP contribution in [0, 0.1) is 0 Å². The van der Waals surface area contributed by atoms with Gasteiger partial charge in [-0.1, -0.05) is 18.2 Å². The Morgan fingerprint density at radius 1 is 1.05 bits per heavy atom. The summed E-state index contributed by atoms with van der Waals surface area (Å²) in [5.74, 6) is -0.526. The van der Waals surface area contributed by atoms with Gasteiger partial charge >= 0.3 is 11.9 Å². The number of carbonyl (C=O) groups is 3. The predicted molar refractivity (Wildman–Crippen MR) is 146 cm³/mol. The Labute approximate surface area is 228 Å². The number of phenols is 1. The minimum atomic E-state index is -0.667. The number of benzene rings is 2. The standard InChI is InChI=1S/C31H36O8/c1-18(2)37-24-14-13-20(15-25(24)36-4)23-17-27(33)39-26-16-21-10-6-5-7-11-22(32)12-8-9-19(3)38-31(35)28(21)30(34)29(23)26/h6,10,13-16,18-19,23,34H,5,7-9,11-12,17H2,1-4H3/b10-6+/t19-,23?/m0/s1. The first kappa shape index (κ1) is 28.2. The molecule has 39 heavy (non-hydrogen) atoms. The first-order chi connectivity index (χ1) is 18.7. The Morgan fingerprint density at radius 3 is 2.56 bits per heavy atom. The highest BCUT2D eigenvalue weighted by Crippen LogP contribution is 2.48. The first-order valence-corrected chi connectivity index (χ1v) is 13.5. The fraction of sp³-hybridized carbons (Fsp3) is 0.452. The van der Waals surface area contributed by atoms with Gasteiger partial charge < -0.3 is 24.1 Å². The second-order valence-electron chi connectivity index (χ2n) is 10.4. The maximum absolute atomic E-state index is 13.4. The molecule has 8 nitrogen and oxygen atoms in total. The molecule has 2 heterocycles. The number of carbonyl (C=O) groups excluding carboxylic acids is 3. The molecule has 2 aromatic rings. The van der Waals surface area contributed by atoms with E-state index < -0.39 is 24.0 Å². The molecular weight excluding hydrogens is 500 g/mol. The van der Waals surface area contributed by atoms with E-state index in [2.05, 4.69) is 0 Å². The largest absolute Gasteiger partial charge is 0.507 e. The molecule has 2 aliphatic rings. The number of hydrogen-bond acceptors (Lipinski definition) is 8. The van der Waals surface area contributed by atoms with E-state index in [0.717, 1.165) is 0 Å². The van der Waals surface area contributed by atoms with Crippen molar-refractivity contribution in [3.05, 3.63) is 52.6 Å². The number of ketones is 1. The molecule has 0 fully saturated rings. The zero-order valence-corrected chi connectivity index (χ0v) is 23.0. The maximum atomic E-state index is 13.4. The number of ether oxygens (including phenoxy) is 4. The van der Waals surface area contributed by atoms with E-state index in [4.69, 9.17) is 18.9 Å². The number of allylic oxidation sites excluding steroid dienone is 1. The van der Waals surface area contributed by atoms with Crippen molar-refractivity contribution in [1.29, 1.82) is 0 Å². The lowest BCUT2D eigenvalue weighted by atomic mass is 9.83. The number of cyclic esters (lactones) is 1. The summed E-state index contributed by atoms with van der Waals surface area (Å²) in [6.45, 7) is 5.60. The molecule has 0 saturated heterocycles. The molecule has 0 bridgehead atoms. The molecule has 0 amide bonds. The van der Waals surface area contributed by atoms with Crippen molar-refractivity contribution in [2.24, 2.45) is 0 Å². The van der Waals surface area contributed by atoms with Gasteiger partial charge in [-0.2, -0.15) is 0 Å². The third-order valence-electron chi connectivity index (χ3n) is 6.93. The van der Waals surface area contributed by atoms with Crippen molar-refractivity contribution in [2.45, 2.75) is 83.8 Å². The van der Waals surface area contributed by atoms with Gasteiger partial charge in [-0.3, -0.25) is 9.59 Å². The highest BCUT2D eigenvalue weighted by atomic mass is 16.5. The molecule has 2 aromatic carbocycles. The Morgan fingerprint density at radius 2 is 1.82 bits per heavy atom. The van der Waals surface area contributed by atoms with Crippen LogP contribution in [0.25, 0.3) is 6.08 Å². The van der Waals surface area contributed by atoms with Crippen LogP contribution in [0.3, 0.4) is 0 Å².